The molecular weight excluding hydrogens is 192 g/mol. The number of thioether (sulfide) groups is 1. The van der Waals surface area contributed by atoms with Crippen LogP contribution in [0.25, 0.3) is 0 Å². The lowest BCUT2D eigenvalue weighted by Gasteiger charge is -1.97. The summed E-state index contributed by atoms with van der Waals surface area (Å²) in [4.78, 5) is 0. The first kappa shape index (κ1) is 9.41. The molecule has 0 aliphatic heterocycles. The number of benzene rings is 1. The highest BCUT2D eigenvalue weighted by molar-refractivity contribution is 7.98. The van der Waals surface area contributed by atoms with Gasteiger partial charge in [0.25, 0.3) is 0 Å². The van der Waals surface area contributed by atoms with Crippen molar-refractivity contribution in [1.82, 2.24) is 0 Å². The maximum Gasteiger partial charge on any atom is 0.160 e. The number of aryl methyl sites for hydroxylation is 1. The second kappa shape index (κ2) is 4.38. The minimum Gasteiger partial charge on any atom is -0.458 e. The molecule has 1 nitrogen and oxygen atoms in total. The van der Waals surface area contributed by atoms with Crippen molar-refractivity contribution in [2.45, 2.75) is 17.8 Å². The van der Waals surface area contributed by atoms with E-state index in [0.717, 1.165) is 10.8 Å². The SMILES string of the molecule is Cc1coc(SCc2ccccc2)c1. The van der Waals surface area contributed by atoms with E-state index in [1.165, 1.54) is 11.1 Å². The Hall–Kier alpha value is -1.15. The molecule has 0 saturated heterocycles. The van der Waals surface area contributed by atoms with Crippen LogP contribution in [0.3, 0.4) is 0 Å². The van der Waals surface area contributed by atoms with Gasteiger partial charge in [-0.1, -0.05) is 42.1 Å². The molecule has 0 N–H and O–H groups in total. The third-order valence-electron chi connectivity index (χ3n) is 1.93. The van der Waals surface area contributed by atoms with E-state index in [0.29, 0.717) is 0 Å². The molecule has 0 unspecified atom stereocenters. The predicted octanol–water partition coefficient (Wildman–Crippen LogP) is 3.88. The third-order valence-corrected chi connectivity index (χ3v) is 2.91. The van der Waals surface area contributed by atoms with Gasteiger partial charge in [0, 0.05) is 5.75 Å². The van der Waals surface area contributed by atoms with Gasteiger partial charge >= 0.3 is 0 Å². The van der Waals surface area contributed by atoms with Crippen molar-refractivity contribution < 1.29 is 4.42 Å². The van der Waals surface area contributed by atoms with Gasteiger partial charge in [0.05, 0.1) is 6.26 Å². The van der Waals surface area contributed by atoms with Gasteiger partial charge in [-0.3, -0.25) is 0 Å². The maximum atomic E-state index is 5.35. The quantitative estimate of drug-likeness (QED) is 0.704. The smallest absolute Gasteiger partial charge is 0.160 e. The Morgan fingerprint density at radius 1 is 1.21 bits per heavy atom. The first-order chi connectivity index (χ1) is 6.84. The summed E-state index contributed by atoms with van der Waals surface area (Å²) in [5.74, 6) is 0.966. The Morgan fingerprint density at radius 3 is 2.64 bits per heavy atom. The summed E-state index contributed by atoms with van der Waals surface area (Å²) < 4.78 is 5.35. The van der Waals surface area contributed by atoms with Crippen LogP contribution in [-0.2, 0) is 5.75 Å². The molecule has 0 aliphatic carbocycles. The monoisotopic (exact) mass is 204 g/mol. The molecule has 0 aliphatic rings. The van der Waals surface area contributed by atoms with Crippen LogP contribution >= 0.6 is 11.8 Å². The van der Waals surface area contributed by atoms with E-state index >= 15 is 0 Å². The summed E-state index contributed by atoms with van der Waals surface area (Å²) in [6, 6.07) is 12.5. The molecule has 0 fully saturated rings. The van der Waals surface area contributed by atoms with E-state index in [1.54, 1.807) is 18.0 Å². The van der Waals surface area contributed by atoms with Crippen molar-refractivity contribution in [3.63, 3.8) is 0 Å². The highest BCUT2D eigenvalue weighted by atomic mass is 32.2. The summed E-state index contributed by atoms with van der Waals surface area (Å²) >= 11 is 1.73. The van der Waals surface area contributed by atoms with Gasteiger partial charge in [-0.25, -0.2) is 0 Å². The second-order valence-corrected chi connectivity index (χ2v) is 4.20. The molecule has 2 aromatic rings. The van der Waals surface area contributed by atoms with Crippen molar-refractivity contribution in [3.8, 4) is 0 Å². The molecule has 0 radical (unpaired) electrons. The van der Waals surface area contributed by atoms with Crippen LogP contribution in [0, 0.1) is 6.92 Å². The molecule has 0 saturated carbocycles. The summed E-state index contributed by atoms with van der Waals surface area (Å²) in [7, 11) is 0. The molecular formula is C12H12OS. The van der Waals surface area contributed by atoms with Crippen molar-refractivity contribution in [3.05, 3.63) is 53.8 Å². The molecule has 14 heavy (non-hydrogen) atoms. The molecule has 2 rings (SSSR count). The lowest BCUT2D eigenvalue weighted by molar-refractivity contribution is 0.473. The highest BCUT2D eigenvalue weighted by Crippen LogP contribution is 2.24. The molecule has 2 heteroatoms. The van der Waals surface area contributed by atoms with Crippen LogP contribution < -0.4 is 0 Å². The first-order valence-electron chi connectivity index (χ1n) is 4.56. The standard InChI is InChI=1S/C12H12OS/c1-10-7-12(13-8-10)14-9-11-5-3-2-4-6-11/h2-8H,9H2,1H3. The van der Waals surface area contributed by atoms with E-state index in [9.17, 15) is 0 Å². The van der Waals surface area contributed by atoms with Crippen LogP contribution in [0.15, 0.2) is 52.2 Å². The molecule has 1 aromatic carbocycles. The zero-order chi connectivity index (χ0) is 9.80. The molecule has 72 valence electrons. The molecule has 0 spiro atoms. The van der Waals surface area contributed by atoms with Gasteiger partial charge in [0.15, 0.2) is 5.09 Å². The molecule has 1 heterocycles. The Labute approximate surface area is 88.1 Å². The van der Waals surface area contributed by atoms with Gasteiger partial charge in [0.2, 0.25) is 0 Å². The fraction of sp³-hybridized carbons (Fsp3) is 0.167. The second-order valence-electron chi connectivity index (χ2n) is 3.22. The summed E-state index contributed by atoms with van der Waals surface area (Å²) in [6.07, 6.45) is 1.79. The molecule has 0 amide bonds. The van der Waals surface area contributed by atoms with E-state index in [4.69, 9.17) is 4.42 Å². The van der Waals surface area contributed by atoms with Gasteiger partial charge in [-0.15, -0.1) is 0 Å². The molecule has 0 atom stereocenters. The lowest BCUT2D eigenvalue weighted by Crippen LogP contribution is -1.77. The van der Waals surface area contributed by atoms with Crippen molar-refractivity contribution in [1.29, 1.82) is 0 Å². The van der Waals surface area contributed by atoms with Crippen LogP contribution in [0.4, 0.5) is 0 Å². The van der Waals surface area contributed by atoms with Crippen LogP contribution in [0.2, 0.25) is 0 Å². The van der Waals surface area contributed by atoms with Crippen molar-refractivity contribution in [2.24, 2.45) is 0 Å². The zero-order valence-electron chi connectivity index (χ0n) is 8.07. The van der Waals surface area contributed by atoms with Gasteiger partial charge < -0.3 is 4.42 Å². The lowest BCUT2D eigenvalue weighted by atomic mass is 10.2. The Balaban J connectivity index is 1.95. The average molecular weight is 204 g/mol. The van der Waals surface area contributed by atoms with Gasteiger partial charge in [0.1, 0.15) is 0 Å². The topological polar surface area (TPSA) is 13.1 Å². The fourth-order valence-corrected chi connectivity index (χ4v) is 2.10. The number of hydrogen-bond acceptors (Lipinski definition) is 2. The minimum atomic E-state index is 0.966. The van der Waals surface area contributed by atoms with Crippen LogP contribution in [0.5, 0.6) is 0 Å². The number of furan rings is 1. The van der Waals surface area contributed by atoms with Crippen LogP contribution in [-0.4, -0.2) is 0 Å². The third kappa shape index (κ3) is 2.42. The van der Waals surface area contributed by atoms with Gasteiger partial charge in [-0.05, 0) is 24.1 Å². The fourth-order valence-electron chi connectivity index (χ4n) is 1.21. The van der Waals surface area contributed by atoms with E-state index in [2.05, 4.69) is 30.3 Å². The first-order valence-corrected chi connectivity index (χ1v) is 5.55. The normalized spacial score (nSPS) is 10.4. The summed E-state index contributed by atoms with van der Waals surface area (Å²) in [5.41, 5.74) is 2.51. The Morgan fingerprint density at radius 2 is 2.00 bits per heavy atom. The predicted molar refractivity (Wildman–Crippen MR) is 59.4 cm³/mol. The summed E-state index contributed by atoms with van der Waals surface area (Å²) in [6.45, 7) is 2.04. The largest absolute Gasteiger partial charge is 0.458 e. The average Bonchev–Trinajstić information content (AvgIpc) is 2.63. The minimum absolute atomic E-state index is 0.966. The van der Waals surface area contributed by atoms with Crippen molar-refractivity contribution in [2.75, 3.05) is 0 Å². The Bertz CT molecular complexity index is 392. The van der Waals surface area contributed by atoms with E-state index in [-0.39, 0.29) is 0 Å². The van der Waals surface area contributed by atoms with Crippen LogP contribution in [0.1, 0.15) is 11.1 Å². The van der Waals surface area contributed by atoms with Crippen molar-refractivity contribution >= 4 is 11.8 Å². The van der Waals surface area contributed by atoms with E-state index < -0.39 is 0 Å². The zero-order valence-corrected chi connectivity index (χ0v) is 8.88. The van der Waals surface area contributed by atoms with Gasteiger partial charge in [-0.2, -0.15) is 0 Å². The Kier molecular flexibility index (Phi) is 2.94. The van der Waals surface area contributed by atoms with E-state index in [1.807, 2.05) is 13.0 Å². The summed E-state index contributed by atoms with van der Waals surface area (Å²) in [5, 5.41) is 0.992. The molecule has 0 bridgehead atoms. The highest BCUT2D eigenvalue weighted by Gasteiger charge is 1.99. The number of rotatable bonds is 3. The number of hydrogen-bond donors (Lipinski definition) is 0. The molecule has 1 aromatic heterocycles. The maximum absolute atomic E-state index is 5.35.